The standard InChI is InChI=1S/C18H22FN/c1-5-20-11-15-7-6-12(2)8-17(15)18-13(3)9-16(19)10-14(18)4/h6-10,20H,5,11H2,1-4H3. The summed E-state index contributed by atoms with van der Waals surface area (Å²) in [4.78, 5) is 0. The summed E-state index contributed by atoms with van der Waals surface area (Å²) >= 11 is 0. The molecule has 0 aromatic heterocycles. The summed E-state index contributed by atoms with van der Waals surface area (Å²) in [6.07, 6.45) is 0. The van der Waals surface area contributed by atoms with Crippen molar-refractivity contribution in [2.75, 3.05) is 6.54 Å². The van der Waals surface area contributed by atoms with Crippen molar-refractivity contribution >= 4 is 0 Å². The minimum Gasteiger partial charge on any atom is -0.313 e. The van der Waals surface area contributed by atoms with Crippen LogP contribution in [0.1, 0.15) is 29.2 Å². The van der Waals surface area contributed by atoms with Crippen molar-refractivity contribution in [3.05, 3.63) is 58.4 Å². The highest BCUT2D eigenvalue weighted by Gasteiger charge is 2.12. The molecule has 0 saturated heterocycles. The van der Waals surface area contributed by atoms with Gasteiger partial charge in [0.25, 0.3) is 0 Å². The Hall–Kier alpha value is -1.67. The molecular formula is C18H22FN. The van der Waals surface area contributed by atoms with E-state index in [9.17, 15) is 4.39 Å². The first-order valence-electron chi connectivity index (χ1n) is 7.10. The fourth-order valence-electron chi connectivity index (χ4n) is 2.67. The summed E-state index contributed by atoms with van der Waals surface area (Å²) in [6.45, 7) is 9.92. The molecule has 2 heteroatoms. The third-order valence-electron chi connectivity index (χ3n) is 3.60. The van der Waals surface area contributed by atoms with Gasteiger partial charge in [0.2, 0.25) is 0 Å². The molecule has 0 spiro atoms. The van der Waals surface area contributed by atoms with E-state index in [4.69, 9.17) is 0 Å². The Morgan fingerprint density at radius 3 is 2.25 bits per heavy atom. The zero-order valence-electron chi connectivity index (χ0n) is 12.7. The highest BCUT2D eigenvalue weighted by atomic mass is 19.1. The molecule has 0 aliphatic rings. The van der Waals surface area contributed by atoms with Gasteiger partial charge in [-0.3, -0.25) is 0 Å². The van der Waals surface area contributed by atoms with Gasteiger partial charge in [0.1, 0.15) is 5.82 Å². The number of hydrogen-bond donors (Lipinski definition) is 1. The highest BCUT2D eigenvalue weighted by molar-refractivity contribution is 5.74. The average Bonchev–Trinajstić information content (AvgIpc) is 2.36. The van der Waals surface area contributed by atoms with Gasteiger partial charge in [0.05, 0.1) is 0 Å². The lowest BCUT2D eigenvalue weighted by atomic mass is 9.91. The topological polar surface area (TPSA) is 12.0 Å². The van der Waals surface area contributed by atoms with Crippen LogP contribution in [0.25, 0.3) is 11.1 Å². The Morgan fingerprint density at radius 2 is 1.65 bits per heavy atom. The summed E-state index contributed by atoms with van der Waals surface area (Å²) in [6, 6.07) is 9.71. The molecule has 2 rings (SSSR count). The summed E-state index contributed by atoms with van der Waals surface area (Å²) in [5.41, 5.74) is 6.83. The second kappa shape index (κ2) is 6.19. The molecule has 0 bridgehead atoms. The summed E-state index contributed by atoms with van der Waals surface area (Å²) in [7, 11) is 0. The van der Waals surface area contributed by atoms with Crippen molar-refractivity contribution in [2.24, 2.45) is 0 Å². The van der Waals surface area contributed by atoms with E-state index in [1.807, 2.05) is 13.8 Å². The predicted octanol–water partition coefficient (Wildman–Crippen LogP) is 4.53. The molecule has 20 heavy (non-hydrogen) atoms. The van der Waals surface area contributed by atoms with Crippen LogP contribution < -0.4 is 5.32 Å². The molecule has 2 aromatic carbocycles. The van der Waals surface area contributed by atoms with Gasteiger partial charge in [0, 0.05) is 6.54 Å². The van der Waals surface area contributed by atoms with Crippen molar-refractivity contribution in [3.63, 3.8) is 0 Å². The summed E-state index contributed by atoms with van der Waals surface area (Å²) in [5.74, 6) is -0.162. The zero-order valence-corrected chi connectivity index (χ0v) is 12.7. The van der Waals surface area contributed by atoms with Crippen LogP contribution in [0.5, 0.6) is 0 Å². The van der Waals surface area contributed by atoms with Gasteiger partial charge in [-0.15, -0.1) is 0 Å². The Labute approximate surface area is 120 Å². The van der Waals surface area contributed by atoms with Gasteiger partial charge < -0.3 is 5.32 Å². The minimum atomic E-state index is -0.162. The summed E-state index contributed by atoms with van der Waals surface area (Å²) in [5, 5.41) is 3.37. The van der Waals surface area contributed by atoms with Crippen molar-refractivity contribution in [2.45, 2.75) is 34.2 Å². The highest BCUT2D eigenvalue weighted by Crippen LogP contribution is 2.31. The predicted molar refractivity (Wildman–Crippen MR) is 83.4 cm³/mol. The van der Waals surface area contributed by atoms with E-state index in [0.29, 0.717) is 0 Å². The smallest absolute Gasteiger partial charge is 0.123 e. The van der Waals surface area contributed by atoms with E-state index in [0.717, 1.165) is 29.8 Å². The molecule has 0 unspecified atom stereocenters. The first-order chi connectivity index (χ1) is 9.52. The van der Waals surface area contributed by atoms with Crippen molar-refractivity contribution in [3.8, 4) is 11.1 Å². The average molecular weight is 271 g/mol. The Bertz CT molecular complexity index is 594. The molecule has 0 atom stereocenters. The largest absolute Gasteiger partial charge is 0.313 e. The van der Waals surface area contributed by atoms with Crippen molar-refractivity contribution < 1.29 is 4.39 Å². The third kappa shape index (κ3) is 3.07. The molecular weight excluding hydrogens is 249 g/mol. The molecule has 1 nitrogen and oxygen atoms in total. The molecule has 0 aliphatic heterocycles. The van der Waals surface area contributed by atoms with E-state index in [1.54, 1.807) is 12.1 Å². The van der Waals surface area contributed by atoms with Crippen LogP contribution in [0, 0.1) is 26.6 Å². The van der Waals surface area contributed by atoms with Crippen LogP contribution in [0.2, 0.25) is 0 Å². The van der Waals surface area contributed by atoms with Gasteiger partial charge in [0.15, 0.2) is 0 Å². The fraction of sp³-hybridized carbons (Fsp3) is 0.333. The summed E-state index contributed by atoms with van der Waals surface area (Å²) < 4.78 is 13.5. The van der Waals surface area contributed by atoms with Gasteiger partial charge in [-0.05, 0) is 67.3 Å². The molecule has 0 fully saturated rings. The Balaban J connectivity index is 2.59. The molecule has 106 valence electrons. The number of halogens is 1. The minimum absolute atomic E-state index is 0.162. The van der Waals surface area contributed by atoms with Gasteiger partial charge in [-0.1, -0.05) is 30.7 Å². The molecule has 0 amide bonds. The van der Waals surface area contributed by atoms with Gasteiger partial charge in [-0.25, -0.2) is 4.39 Å². The molecule has 1 N–H and O–H groups in total. The van der Waals surface area contributed by atoms with Crippen LogP contribution in [-0.4, -0.2) is 6.54 Å². The van der Waals surface area contributed by atoms with Crippen molar-refractivity contribution in [1.82, 2.24) is 5.32 Å². The molecule has 0 heterocycles. The number of hydrogen-bond acceptors (Lipinski definition) is 1. The van der Waals surface area contributed by atoms with Crippen LogP contribution >= 0.6 is 0 Å². The monoisotopic (exact) mass is 271 g/mol. The second-order valence-corrected chi connectivity index (χ2v) is 5.36. The molecule has 2 aromatic rings. The van der Waals surface area contributed by atoms with Crippen LogP contribution in [0.3, 0.4) is 0 Å². The van der Waals surface area contributed by atoms with Gasteiger partial charge >= 0.3 is 0 Å². The number of nitrogens with one attached hydrogen (secondary N) is 1. The van der Waals surface area contributed by atoms with E-state index in [1.165, 1.54) is 16.7 Å². The second-order valence-electron chi connectivity index (χ2n) is 5.36. The number of benzene rings is 2. The molecule has 0 aliphatic carbocycles. The molecule has 0 saturated carbocycles. The first kappa shape index (κ1) is 14.7. The van der Waals surface area contributed by atoms with Gasteiger partial charge in [-0.2, -0.15) is 0 Å². The Kier molecular flexibility index (Phi) is 4.56. The maximum Gasteiger partial charge on any atom is 0.123 e. The normalized spacial score (nSPS) is 10.8. The van der Waals surface area contributed by atoms with E-state index < -0.39 is 0 Å². The van der Waals surface area contributed by atoms with Crippen LogP contribution in [0.15, 0.2) is 30.3 Å². The van der Waals surface area contributed by atoms with E-state index in [-0.39, 0.29) is 5.82 Å². The molecule has 0 radical (unpaired) electrons. The first-order valence-corrected chi connectivity index (χ1v) is 7.10. The van der Waals surface area contributed by atoms with E-state index in [2.05, 4.69) is 37.4 Å². The van der Waals surface area contributed by atoms with Crippen LogP contribution in [-0.2, 0) is 6.54 Å². The van der Waals surface area contributed by atoms with E-state index >= 15 is 0 Å². The Morgan fingerprint density at radius 1 is 1.00 bits per heavy atom. The quantitative estimate of drug-likeness (QED) is 0.861. The lowest BCUT2D eigenvalue weighted by Gasteiger charge is -2.16. The third-order valence-corrected chi connectivity index (χ3v) is 3.60. The SMILES string of the molecule is CCNCc1ccc(C)cc1-c1c(C)cc(F)cc1C. The fourth-order valence-corrected chi connectivity index (χ4v) is 2.67. The zero-order chi connectivity index (χ0) is 14.7. The maximum absolute atomic E-state index is 13.5. The van der Waals surface area contributed by atoms with Crippen molar-refractivity contribution in [1.29, 1.82) is 0 Å². The number of rotatable bonds is 4. The van der Waals surface area contributed by atoms with Crippen LogP contribution in [0.4, 0.5) is 4.39 Å². The number of aryl methyl sites for hydroxylation is 3. The lowest BCUT2D eigenvalue weighted by Crippen LogP contribution is -2.13. The lowest BCUT2D eigenvalue weighted by molar-refractivity contribution is 0.625. The maximum atomic E-state index is 13.5.